The Balaban J connectivity index is 0.00000342. The number of imide groups is 1. The van der Waals surface area contributed by atoms with E-state index in [0.29, 0.717) is 24.9 Å². The first-order valence-corrected chi connectivity index (χ1v) is 11.4. The number of carbonyl (C=O) groups is 3. The maximum absolute atomic E-state index is 13.0. The number of hydrogen-bond acceptors (Lipinski definition) is 5. The molecule has 2 atom stereocenters. The number of benzene rings is 3. The van der Waals surface area contributed by atoms with Gasteiger partial charge in [0.25, 0.3) is 5.91 Å². The third kappa shape index (κ3) is 9.72. The van der Waals surface area contributed by atoms with Crippen molar-refractivity contribution >= 4 is 59.3 Å². The average Bonchev–Trinajstić information content (AvgIpc) is 2.85. The summed E-state index contributed by atoms with van der Waals surface area (Å²) in [5.41, 5.74) is 12.6. The molecule has 3 aromatic carbocycles. The number of carbonyl (C=O) groups excluding carboxylic acids is 3. The van der Waals surface area contributed by atoms with Crippen molar-refractivity contribution in [1.82, 2.24) is 16.0 Å². The molecule has 3 rings (SSSR count). The van der Waals surface area contributed by atoms with Crippen LogP contribution in [0.4, 0.5) is 0 Å². The maximum atomic E-state index is 13.0. The van der Waals surface area contributed by atoms with Gasteiger partial charge in [-0.2, -0.15) is 0 Å². The van der Waals surface area contributed by atoms with Crippen LogP contribution in [0.15, 0.2) is 72.8 Å². The van der Waals surface area contributed by atoms with E-state index in [1.807, 2.05) is 60.7 Å². The summed E-state index contributed by atoms with van der Waals surface area (Å²) in [5.74, 6) is -1.88. The highest BCUT2D eigenvalue weighted by Crippen LogP contribution is 2.15. The normalized spacial score (nSPS) is 11.7. The third-order valence-corrected chi connectivity index (χ3v) is 5.50. The molecule has 0 aliphatic carbocycles. The van der Waals surface area contributed by atoms with E-state index < -0.39 is 29.8 Å². The summed E-state index contributed by atoms with van der Waals surface area (Å²) in [6, 6.07) is 20.2. The lowest BCUT2D eigenvalue weighted by atomic mass is 10.0. The van der Waals surface area contributed by atoms with Crippen LogP contribution < -0.4 is 27.4 Å². The zero-order valence-corrected chi connectivity index (χ0v) is 21.7. The van der Waals surface area contributed by atoms with Crippen molar-refractivity contribution < 1.29 is 14.4 Å². The van der Waals surface area contributed by atoms with Crippen molar-refractivity contribution in [1.29, 1.82) is 5.41 Å². The van der Waals surface area contributed by atoms with Crippen molar-refractivity contribution in [3.05, 3.63) is 83.9 Å². The highest BCUT2D eigenvalue weighted by Gasteiger charge is 2.25. The summed E-state index contributed by atoms with van der Waals surface area (Å²) in [4.78, 5) is 38.5. The molecule has 0 unspecified atom stereocenters. The van der Waals surface area contributed by atoms with Crippen LogP contribution in [0, 0.1) is 5.41 Å². The summed E-state index contributed by atoms with van der Waals surface area (Å²) in [7, 11) is 0. The monoisotopic (exact) mass is 546 g/mol. The first-order valence-electron chi connectivity index (χ1n) is 11.4. The van der Waals surface area contributed by atoms with Crippen LogP contribution >= 0.6 is 24.8 Å². The molecular weight excluding hydrogens is 515 g/mol. The zero-order chi connectivity index (χ0) is 25.2. The first kappa shape index (κ1) is 31.4. The molecule has 3 aromatic rings. The van der Waals surface area contributed by atoms with Crippen LogP contribution in [0.2, 0.25) is 0 Å². The Morgan fingerprint density at radius 2 is 1.51 bits per heavy atom. The molecule has 0 aromatic heterocycles. The van der Waals surface area contributed by atoms with E-state index >= 15 is 0 Å². The van der Waals surface area contributed by atoms with Gasteiger partial charge in [-0.25, -0.2) is 0 Å². The fourth-order valence-corrected chi connectivity index (χ4v) is 3.64. The number of nitrogens with two attached hydrogens (primary N) is 2. The van der Waals surface area contributed by atoms with E-state index in [2.05, 4.69) is 16.0 Å². The predicted octanol–water partition coefficient (Wildman–Crippen LogP) is 2.26. The van der Waals surface area contributed by atoms with Crippen LogP contribution in [0.25, 0.3) is 10.8 Å². The molecule has 0 fully saturated rings. The molecule has 0 aliphatic heterocycles. The van der Waals surface area contributed by atoms with Crippen molar-refractivity contribution in [2.45, 2.75) is 31.3 Å². The van der Waals surface area contributed by atoms with Crippen LogP contribution in [0.1, 0.15) is 28.8 Å². The minimum atomic E-state index is -0.984. The van der Waals surface area contributed by atoms with Crippen molar-refractivity contribution in [2.24, 2.45) is 11.5 Å². The SMILES string of the molecule is Cl.Cl.N=C(N)NCCC[C@H](NC(=O)[C@@H](N)Cc1ccccc1)C(=O)NC(=O)c1ccc2ccccc2c1. The Bertz CT molecular complexity index is 1210. The molecular formula is C26H32Cl2N6O3. The Hall–Kier alpha value is -3.66. The summed E-state index contributed by atoms with van der Waals surface area (Å²) in [5, 5.41) is 16.8. The number of fused-ring (bicyclic) bond motifs is 1. The van der Waals surface area contributed by atoms with Crippen LogP contribution in [-0.2, 0) is 16.0 Å². The van der Waals surface area contributed by atoms with E-state index in [1.165, 1.54) is 0 Å². The van der Waals surface area contributed by atoms with Crippen molar-refractivity contribution in [3.63, 3.8) is 0 Å². The minimum Gasteiger partial charge on any atom is -0.370 e. The highest BCUT2D eigenvalue weighted by atomic mass is 35.5. The molecule has 0 radical (unpaired) electrons. The summed E-state index contributed by atoms with van der Waals surface area (Å²) >= 11 is 0. The van der Waals surface area contributed by atoms with E-state index in [-0.39, 0.29) is 37.2 Å². The molecule has 3 amide bonds. The molecule has 0 saturated heterocycles. The molecule has 9 nitrogen and oxygen atoms in total. The van der Waals surface area contributed by atoms with Gasteiger partial charge >= 0.3 is 0 Å². The standard InChI is InChI=1S/C26H30N6O3.2ClH/c27-21(15-17-7-2-1-3-8-17)24(34)31-22(11-6-14-30-26(28)29)25(35)32-23(33)20-13-12-18-9-4-5-10-19(18)16-20;;/h1-5,7-10,12-13,16,21-22H,6,11,14-15,27H2,(H,31,34)(H4,28,29,30)(H,32,33,35);2*1H/t21-,22-;;/m0../s1. The lowest BCUT2D eigenvalue weighted by Gasteiger charge is -2.21. The van der Waals surface area contributed by atoms with Crippen LogP contribution in [-0.4, -0.2) is 42.3 Å². The second kappa shape index (κ2) is 15.5. The number of amides is 3. The van der Waals surface area contributed by atoms with Gasteiger partial charge in [0.05, 0.1) is 6.04 Å². The van der Waals surface area contributed by atoms with Gasteiger partial charge in [-0.3, -0.25) is 25.1 Å². The third-order valence-electron chi connectivity index (χ3n) is 5.50. The van der Waals surface area contributed by atoms with Crippen LogP contribution in [0.5, 0.6) is 0 Å². The number of guanidine groups is 1. The van der Waals surface area contributed by atoms with Gasteiger partial charge in [0.2, 0.25) is 11.8 Å². The fraction of sp³-hybridized carbons (Fsp3) is 0.231. The van der Waals surface area contributed by atoms with Crippen molar-refractivity contribution in [2.75, 3.05) is 6.54 Å². The van der Waals surface area contributed by atoms with Gasteiger partial charge in [0.15, 0.2) is 5.96 Å². The molecule has 198 valence electrons. The van der Waals surface area contributed by atoms with Gasteiger partial charge in [-0.15, -0.1) is 24.8 Å². The number of nitrogens with one attached hydrogen (secondary N) is 4. The molecule has 0 aliphatic rings. The van der Waals surface area contributed by atoms with Gasteiger partial charge in [0.1, 0.15) is 6.04 Å². The highest BCUT2D eigenvalue weighted by molar-refractivity contribution is 6.08. The molecule has 37 heavy (non-hydrogen) atoms. The van der Waals surface area contributed by atoms with E-state index in [9.17, 15) is 14.4 Å². The number of rotatable bonds is 10. The molecule has 0 bridgehead atoms. The summed E-state index contributed by atoms with van der Waals surface area (Å²) < 4.78 is 0. The molecule has 0 saturated carbocycles. The lowest BCUT2D eigenvalue weighted by molar-refractivity contribution is -0.129. The van der Waals surface area contributed by atoms with E-state index in [0.717, 1.165) is 16.3 Å². The predicted molar refractivity (Wildman–Crippen MR) is 150 cm³/mol. The van der Waals surface area contributed by atoms with Gasteiger partial charge < -0.3 is 22.1 Å². The minimum absolute atomic E-state index is 0. The Kier molecular flexibility index (Phi) is 13.1. The molecule has 0 spiro atoms. The molecule has 11 heteroatoms. The number of halogens is 2. The Labute approximate surface area is 228 Å². The maximum Gasteiger partial charge on any atom is 0.257 e. The quantitative estimate of drug-likeness (QED) is 0.130. The van der Waals surface area contributed by atoms with Gasteiger partial charge in [-0.05, 0) is 47.7 Å². The fourth-order valence-electron chi connectivity index (χ4n) is 3.64. The Morgan fingerprint density at radius 3 is 2.19 bits per heavy atom. The van der Waals surface area contributed by atoms with Crippen LogP contribution in [0.3, 0.4) is 0 Å². The first-order chi connectivity index (χ1) is 16.8. The average molecular weight is 547 g/mol. The van der Waals surface area contributed by atoms with Gasteiger partial charge in [0, 0.05) is 12.1 Å². The number of hydrogen-bond donors (Lipinski definition) is 6. The largest absolute Gasteiger partial charge is 0.370 e. The van der Waals surface area contributed by atoms with Gasteiger partial charge in [-0.1, -0.05) is 60.7 Å². The lowest BCUT2D eigenvalue weighted by Crippen LogP contribution is -2.53. The Morgan fingerprint density at radius 1 is 0.865 bits per heavy atom. The topological polar surface area (TPSA) is 163 Å². The molecule has 8 N–H and O–H groups in total. The second-order valence-electron chi connectivity index (χ2n) is 8.22. The second-order valence-corrected chi connectivity index (χ2v) is 8.22. The summed E-state index contributed by atoms with van der Waals surface area (Å²) in [6.07, 6.45) is 0.958. The van der Waals surface area contributed by atoms with E-state index in [4.69, 9.17) is 16.9 Å². The van der Waals surface area contributed by atoms with E-state index in [1.54, 1.807) is 12.1 Å². The van der Waals surface area contributed by atoms with Crippen molar-refractivity contribution in [3.8, 4) is 0 Å². The smallest absolute Gasteiger partial charge is 0.257 e. The molecule has 0 heterocycles. The zero-order valence-electron chi connectivity index (χ0n) is 20.1. The summed E-state index contributed by atoms with van der Waals surface area (Å²) in [6.45, 7) is 0.337.